The fourth-order valence-corrected chi connectivity index (χ4v) is 1.92. The summed E-state index contributed by atoms with van der Waals surface area (Å²) in [5, 5.41) is 14.8. The maximum atomic E-state index is 10.6. The van der Waals surface area contributed by atoms with Gasteiger partial charge in [0.15, 0.2) is 11.6 Å². The molecule has 0 saturated heterocycles. The molecule has 9 nitrogen and oxygen atoms in total. The minimum absolute atomic E-state index is 0.551. The average Bonchev–Trinajstić information content (AvgIpc) is 3.29. The van der Waals surface area contributed by atoms with E-state index in [9.17, 15) is 26.3 Å². The van der Waals surface area contributed by atoms with E-state index in [0.29, 0.717) is 22.4 Å². The Morgan fingerprint density at radius 2 is 1.55 bits per heavy atom. The van der Waals surface area contributed by atoms with Crippen molar-refractivity contribution in [1.82, 2.24) is 19.9 Å². The summed E-state index contributed by atoms with van der Waals surface area (Å²) in [4.78, 5) is 32.5. The minimum Gasteiger partial charge on any atom is -0.495 e. The van der Waals surface area contributed by atoms with Gasteiger partial charge >= 0.3 is 24.3 Å². The van der Waals surface area contributed by atoms with E-state index in [1.54, 1.807) is 31.6 Å². The number of nitrogens with one attached hydrogen (secondary N) is 2. The van der Waals surface area contributed by atoms with Crippen LogP contribution in [0.15, 0.2) is 24.5 Å². The summed E-state index contributed by atoms with van der Waals surface area (Å²) in [5.74, 6) is -3.54. The number of ether oxygens (including phenoxy) is 1. The van der Waals surface area contributed by atoms with E-state index in [1.807, 2.05) is 0 Å². The number of benzene rings is 1. The molecule has 0 unspecified atom stereocenters. The van der Waals surface area contributed by atoms with Crippen LogP contribution in [0.2, 0.25) is 5.02 Å². The number of nitrogens with zero attached hydrogens (tertiary/aromatic N) is 2. The highest BCUT2D eigenvalue weighted by atomic mass is 35.5. The Balaban J connectivity index is 0.000000288. The maximum absolute atomic E-state index is 10.6. The molecule has 0 radical (unpaired) electrons. The summed E-state index contributed by atoms with van der Waals surface area (Å²) >= 11 is 6.04. The molecule has 0 fully saturated rings. The number of imidazole rings is 2. The second-order valence-corrected chi connectivity index (χ2v) is 5.54. The van der Waals surface area contributed by atoms with Crippen molar-refractivity contribution < 1.29 is 50.9 Å². The standard InChI is InChI=1S/C11H9ClN4O.2C2HF3O2/c1-17-9-5-8-7(4-6(9)12)15-11(16-8)10-13-2-3-14-10;2*3-2(4,5)1(6)7/h2-5H,1H3,(H,13,14)(H,15,16);2*(H,6,7). The largest absolute Gasteiger partial charge is 0.495 e. The highest BCUT2D eigenvalue weighted by molar-refractivity contribution is 6.32. The maximum Gasteiger partial charge on any atom is 0.490 e. The van der Waals surface area contributed by atoms with Crippen LogP contribution in [0.3, 0.4) is 0 Å². The third kappa shape index (κ3) is 7.69. The highest BCUT2D eigenvalue weighted by Crippen LogP contribution is 2.29. The van der Waals surface area contributed by atoms with Crippen molar-refractivity contribution in [3.63, 3.8) is 0 Å². The van der Waals surface area contributed by atoms with Gasteiger partial charge in [-0.3, -0.25) is 0 Å². The molecule has 3 rings (SSSR count). The lowest BCUT2D eigenvalue weighted by Crippen LogP contribution is -2.21. The number of halogens is 7. The van der Waals surface area contributed by atoms with E-state index >= 15 is 0 Å². The predicted octanol–water partition coefficient (Wildman–Crippen LogP) is 3.88. The molecule has 0 saturated carbocycles. The number of rotatable bonds is 2. The summed E-state index contributed by atoms with van der Waals surface area (Å²) in [7, 11) is 1.58. The van der Waals surface area contributed by atoms with Gasteiger partial charge in [0, 0.05) is 18.5 Å². The lowest BCUT2D eigenvalue weighted by Gasteiger charge is -2.00. The molecule has 0 aliphatic heterocycles. The Morgan fingerprint density at radius 3 is 1.94 bits per heavy atom. The van der Waals surface area contributed by atoms with Crippen molar-refractivity contribution >= 4 is 34.6 Å². The van der Waals surface area contributed by atoms with Crippen LogP contribution in [-0.4, -0.2) is 61.5 Å². The number of hydrogen-bond donors (Lipinski definition) is 4. The molecule has 2 heterocycles. The number of H-pyrrole nitrogens is 2. The number of carbonyl (C=O) groups is 2. The molecule has 2 aromatic heterocycles. The van der Waals surface area contributed by atoms with Crippen molar-refractivity contribution in [2.45, 2.75) is 12.4 Å². The summed E-state index contributed by atoms with van der Waals surface area (Å²) in [5.41, 5.74) is 1.64. The number of aromatic nitrogens is 4. The molecule has 0 spiro atoms. The third-order valence-electron chi connectivity index (χ3n) is 2.96. The zero-order chi connectivity index (χ0) is 24.0. The normalized spacial score (nSPS) is 11.1. The quantitative estimate of drug-likeness (QED) is 0.411. The first-order valence-electron chi connectivity index (χ1n) is 7.50. The van der Waals surface area contributed by atoms with E-state index in [2.05, 4.69) is 19.9 Å². The number of alkyl halides is 6. The van der Waals surface area contributed by atoms with E-state index in [0.717, 1.165) is 11.0 Å². The van der Waals surface area contributed by atoms with Crippen LogP contribution in [0.5, 0.6) is 5.75 Å². The number of methoxy groups -OCH3 is 1. The molecule has 170 valence electrons. The fraction of sp³-hybridized carbons (Fsp3) is 0.200. The van der Waals surface area contributed by atoms with Crippen LogP contribution in [0.25, 0.3) is 22.7 Å². The monoisotopic (exact) mass is 476 g/mol. The van der Waals surface area contributed by atoms with Crippen molar-refractivity contribution in [3.8, 4) is 17.4 Å². The molecule has 31 heavy (non-hydrogen) atoms. The first-order chi connectivity index (χ1) is 14.2. The van der Waals surface area contributed by atoms with E-state index < -0.39 is 24.3 Å². The second kappa shape index (κ2) is 10.0. The highest BCUT2D eigenvalue weighted by Gasteiger charge is 2.38. The first-order valence-corrected chi connectivity index (χ1v) is 7.87. The van der Waals surface area contributed by atoms with Crippen LogP contribution in [0.1, 0.15) is 0 Å². The minimum atomic E-state index is -5.08. The van der Waals surface area contributed by atoms with Crippen molar-refractivity contribution in [2.75, 3.05) is 7.11 Å². The van der Waals surface area contributed by atoms with Crippen molar-refractivity contribution in [1.29, 1.82) is 0 Å². The van der Waals surface area contributed by atoms with Gasteiger partial charge in [-0.05, 0) is 6.07 Å². The number of hydrogen-bond acceptors (Lipinski definition) is 5. The smallest absolute Gasteiger partial charge is 0.490 e. The van der Waals surface area contributed by atoms with Gasteiger partial charge in [0.25, 0.3) is 0 Å². The van der Waals surface area contributed by atoms with Crippen LogP contribution >= 0.6 is 11.6 Å². The lowest BCUT2D eigenvalue weighted by atomic mass is 10.3. The van der Waals surface area contributed by atoms with Crippen molar-refractivity contribution in [3.05, 3.63) is 29.5 Å². The van der Waals surface area contributed by atoms with Gasteiger partial charge in [0.1, 0.15) is 5.75 Å². The molecule has 0 aliphatic rings. The summed E-state index contributed by atoms with van der Waals surface area (Å²) in [6.45, 7) is 0. The molecule has 3 aromatic rings. The number of carboxylic acids is 2. The number of aliphatic carboxylic acids is 2. The van der Waals surface area contributed by atoms with Crippen LogP contribution < -0.4 is 4.74 Å². The Labute approximate surface area is 172 Å². The lowest BCUT2D eigenvalue weighted by molar-refractivity contribution is -0.193. The average molecular weight is 477 g/mol. The predicted molar refractivity (Wildman–Crippen MR) is 92.6 cm³/mol. The van der Waals surface area contributed by atoms with Gasteiger partial charge in [0.05, 0.1) is 23.2 Å². The second-order valence-electron chi connectivity index (χ2n) is 5.13. The summed E-state index contributed by atoms with van der Waals surface area (Å²) in [6.07, 6.45) is -6.74. The topological polar surface area (TPSA) is 141 Å². The van der Waals surface area contributed by atoms with Crippen LogP contribution in [-0.2, 0) is 9.59 Å². The molecule has 0 bridgehead atoms. The number of aromatic amines is 2. The number of fused-ring (bicyclic) bond motifs is 1. The molecule has 1 aromatic carbocycles. The van der Waals surface area contributed by atoms with Gasteiger partial charge in [-0.25, -0.2) is 19.6 Å². The molecule has 0 amide bonds. The molecular formula is C15H11ClF6N4O5. The number of carboxylic acid groups (broad SMARTS) is 2. The van der Waals surface area contributed by atoms with E-state index in [4.69, 9.17) is 36.1 Å². The third-order valence-corrected chi connectivity index (χ3v) is 3.26. The Bertz CT molecular complexity index is 1010. The van der Waals surface area contributed by atoms with Gasteiger partial charge in [-0.2, -0.15) is 26.3 Å². The Kier molecular flexibility index (Phi) is 8.25. The molecule has 16 heteroatoms. The Hall–Kier alpha value is -3.49. The van der Waals surface area contributed by atoms with Crippen LogP contribution in [0, 0.1) is 0 Å². The molecular weight excluding hydrogens is 466 g/mol. The van der Waals surface area contributed by atoms with Gasteiger partial charge in [-0.1, -0.05) is 11.6 Å². The SMILES string of the molecule is COc1cc2nc(-c3ncc[nH]3)[nH]c2cc1Cl.O=C(O)C(F)(F)F.O=C(O)C(F)(F)F. The van der Waals surface area contributed by atoms with E-state index in [-0.39, 0.29) is 0 Å². The fourth-order valence-electron chi connectivity index (χ4n) is 1.67. The first kappa shape index (κ1) is 25.5. The van der Waals surface area contributed by atoms with Gasteiger partial charge < -0.3 is 24.9 Å². The Morgan fingerprint density at radius 1 is 1.03 bits per heavy atom. The van der Waals surface area contributed by atoms with Gasteiger partial charge in [0.2, 0.25) is 0 Å². The van der Waals surface area contributed by atoms with Crippen LogP contribution in [0.4, 0.5) is 26.3 Å². The van der Waals surface area contributed by atoms with Gasteiger partial charge in [-0.15, -0.1) is 0 Å². The zero-order valence-electron chi connectivity index (χ0n) is 15.0. The summed E-state index contributed by atoms with van der Waals surface area (Å²) < 4.78 is 68.6. The summed E-state index contributed by atoms with van der Waals surface area (Å²) in [6, 6.07) is 3.58. The van der Waals surface area contributed by atoms with E-state index in [1.165, 1.54) is 0 Å². The van der Waals surface area contributed by atoms with Crippen molar-refractivity contribution in [2.24, 2.45) is 0 Å². The molecule has 4 N–H and O–H groups in total. The molecule has 0 aliphatic carbocycles. The zero-order valence-corrected chi connectivity index (χ0v) is 15.7. The molecule has 0 atom stereocenters.